The Morgan fingerprint density at radius 1 is 1.16 bits per heavy atom. The maximum atomic E-state index is 13.3. The van der Waals surface area contributed by atoms with E-state index in [2.05, 4.69) is 43.0 Å². The Morgan fingerprint density at radius 2 is 2.03 bits per heavy atom. The van der Waals surface area contributed by atoms with Crippen LogP contribution in [0.5, 0.6) is 0 Å². The Bertz CT molecular complexity index is 937. The van der Waals surface area contributed by atoms with Crippen LogP contribution in [0.15, 0.2) is 24.4 Å². The van der Waals surface area contributed by atoms with E-state index in [1.807, 2.05) is 6.07 Å². The second-order valence-electron chi connectivity index (χ2n) is 8.82. The van der Waals surface area contributed by atoms with Gasteiger partial charge < -0.3 is 16.0 Å². The van der Waals surface area contributed by atoms with Crippen molar-refractivity contribution >= 4 is 17.5 Å². The number of nitrogens with one attached hydrogen (secondary N) is 3. The molecule has 0 bridgehead atoms. The van der Waals surface area contributed by atoms with Crippen LogP contribution in [0.1, 0.15) is 36.0 Å². The van der Waals surface area contributed by atoms with Crippen molar-refractivity contribution in [3.05, 3.63) is 41.1 Å². The Morgan fingerprint density at radius 3 is 2.77 bits per heavy atom. The van der Waals surface area contributed by atoms with E-state index < -0.39 is 11.7 Å². The minimum Gasteiger partial charge on any atom is -0.367 e. The first-order valence-corrected chi connectivity index (χ1v) is 11.0. The van der Waals surface area contributed by atoms with E-state index >= 15 is 0 Å². The summed E-state index contributed by atoms with van der Waals surface area (Å²) in [5.74, 6) is 0.725. The first-order valence-electron chi connectivity index (χ1n) is 11.0. The predicted octanol–water partition coefficient (Wildman–Crippen LogP) is 3.78. The van der Waals surface area contributed by atoms with Crippen LogP contribution in [0.4, 0.5) is 30.6 Å². The molecule has 31 heavy (non-hydrogen) atoms. The quantitative estimate of drug-likeness (QED) is 0.646. The summed E-state index contributed by atoms with van der Waals surface area (Å²) in [6.45, 7) is 5.25. The summed E-state index contributed by atoms with van der Waals surface area (Å²) in [7, 11) is 0. The zero-order valence-electron chi connectivity index (χ0n) is 17.3. The van der Waals surface area contributed by atoms with Gasteiger partial charge in [0.2, 0.25) is 5.95 Å². The first kappa shape index (κ1) is 20.5. The lowest BCUT2D eigenvalue weighted by atomic mass is 9.97. The van der Waals surface area contributed by atoms with Gasteiger partial charge in [0.25, 0.3) is 0 Å². The van der Waals surface area contributed by atoms with Crippen molar-refractivity contribution in [1.29, 1.82) is 0 Å². The minimum atomic E-state index is -4.49. The molecule has 1 aromatic heterocycles. The molecule has 3 N–H and O–H groups in total. The smallest absolute Gasteiger partial charge is 0.367 e. The largest absolute Gasteiger partial charge is 0.421 e. The monoisotopic (exact) mass is 432 g/mol. The van der Waals surface area contributed by atoms with Crippen LogP contribution in [0.3, 0.4) is 0 Å². The van der Waals surface area contributed by atoms with Gasteiger partial charge >= 0.3 is 6.18 Å². The maximum Gasteiger partial charge on any atom is 0.421 e. The molecule has 1 aromatic carbocycles. The average molecular weight is 432 g/mol. The van der Waals surface area contributed by atoms with Gasteiger partial charge in [-0.2, -0.15) is 18.2 Å². The molecule has 1 atom stereocenters. The number of anilines is 3. The van der Waals surface area contributed by atoms with E-state index in [1.54, 1.807) is 0 Å². The van der Waals surface area contributed by atoms with Crippen LogP contribution in [0, 0.1) is 5.92 Å². The van der Waals surface area contributed by atoms with E-state index in [0.29, 0.717) is 5.92 Å². The molecule has 6 nitrogen and oxygen atoms in total. The highest BCUT2D eigenvalue weighted by atomic mass is 19.4. The number of rotatable bonds is 6. The molecule has 1 saturated carbocycles. The first-order chi connectivity index (χ1) is 14.9. The van der Waals surface area contributed by atoms with Crippen LogP contribution in [-0.2, 0) is 19.1 Å². The molecule has 0 radical (unpaired) electrons. The topological polar surface area (TPSA) is 65.1 Å². The average Bonchev–Trinajstić information content (AvgIpc) is 3.39. The number of hydrogen-bond donors (Lipinski definition) is 3. The molecule has 2 aromatic rings. The van der Waals surface area contributed by atoms with Gasteiger partial charge in [0, 0.05) is 37.6 Å². The zero-order chi connectivity index (χ0) is 21.4. The molecular weight excluding hydrogens is 405 g/mol. The lowest BCUT2D eigenvalue weighted by molar-refractivity contribution is -0.137. The third kappa shape index (κ3) is 4.93. The molecule has 1 saturated heterocycles. The van der Waals surface area contributed by atoms with Gasteiger partial charge in [-0.05, 0) is 68.0 Å². The van der Waals surface area contributed by atoms with Crippen LogP contribution in [-0.4, -0.2) is 47.1 Å². The fourth-order valence-electron chi connectivity index (χ4n) is 4.39. The second-order valence-corrected chi connectivity index (χ2v) is 8.82. The van der Waals surface area contributed by atoms with E-state index in [0.717, 1.165) is 63.9 Å². The van der Waals surface area contributed by atoms with E-state index in [-0.39, 0.29) is 17.8 Å². The van der Waals surface area contributed by atoms with Gasteiger partial charge in [-0.25, -0.2) is 4.98 Å². The lowest BCUT2D eigenvalue weighted by Gasteiger charge is -2.31. The van der Waals surface area contributed by atoms with E-state index in [1.165, 1.54) is 17.5 Å². The van der Waals surface area contributed by atoms with Crippen molar-refractivity contribution < 1.29 is 13.2 Å². The van der Waals surface area contributed by atoms with Crippen molar-refractivity contribution in [1.82, 2.24) is 20.2 Å². The molecule has 3 heterocycles. The van der Waals surface area contributed by atoms with Gasteiger partial charge in [-0.15, -0.1) is 0 Å². The Labute approximate surface area is 179 Å². The lowest BCUT2D eigenvalue weighted by Crippen LogP contribution is -2.35. The summed E-state index contributed by atoms with van der Waals surface area (Å²) >= 11 is 0. The maximum absolute atomic E-state index is 13.3. The van der Waals surface area contributed by atoms with Crippen LogP contribution >= 0.6 is 0 Å². The number of halogens is 3. The summed E-state index contributed by atoms with van der Waals surface area (Å²) in [6, 6.07) is 6.18. The molecule has 1 aliphatic carbocycles. The highest BCUT2D eigenvalue weighted by Crippen LogP contribution is 2.36. The molecule has 0 amide bonds. The summed E-state index contributed by atoms with van der Waals surface area (Å²) < 4.78 is 39.9. The fourth-order valence-corrected chi connectivity index (χ4v) is 4.39. The standard InChI is InChI=1S/C22H27F3N6/c23-22(24,25)19-11-27-21(30-20(19)28-17-3-4-17)29-18-2-1-15-6-8-31(13-16(15)9-18)12-14-5-7-26-10-14/h1-2,9,11,14,17,26H,3-8,10,12-13H2,(H2,27,28,29,30). The molecular formula is C22H27F3N6. The van der Waals surface area contributed by atoms with E-state index in [4.69, 9.17) is 0 Å². The predicted molar refractivity (Wildman–Crippen MR) is 113 cm³/mol. The van der Waals surface area contributed by atoms with Crippen molar-refractivity contribution in [2.75, 3.05) is 36.8 Å². The number of alkyl halides is 3. The van der Waals surface area contributed by atoms with Crippen molar-refractivity contribution in [2.45, 2.75) is 44.4 Å². The van der Waals surface area contributed by atoms with Gasteiger partial charge in [0.05, 0.1) is 0 Å². The Hall–Kier alpha value is -2.39. The molecule has 166 valence electrons. The molecule has 9 heteroatoms. The number of fused-ring (bicyclic) bond motifs is 1. The molecule has 5 rings (SSSR count). The van der Waals surface area contributed by atoms with Crippen LogP contribution < -0.4 is 16.0 Å². The van der Waals surface area contributed by atoms with Crippen molar-refractivity contribution in [3.8, 4) is 0 Å². The molecule has 2 fully saturated rings. The second kappa shape index (κ2) is 8.27. The molecule has 2 aliphatic heterocycles. The van der Waals surface area contributed by atoms with Crippen molar-refractivity contribution in [2.24, 2.45) is 5.92 Å². The number of benzene rings is 1. The number of nitrogens with zero attached hydrogens (tertiary/aromatic N) is 3. The fraction of sp³-hybridized carbons (Fsp3) is 0.545. The molecule has 1 unspecified atom stereocenters. The molecule has 3 aliphatic rings. The normalized spacial score (nSPS) is 21.7. The summed E-state index contributed by atoms with van der Waals surface area (Å²) in [4.78, 5) is 10.6. The van der Waals surface area contributed by atoms with Crippen molar-refractivity contribution in [3.63, 3.8) is 0 Å². The van der Waals surface area contributed by atoms with Crippen LogP contribution in [0.2, 0.25) is 0 Å². The van der Waals surface area contributed by atoms with E-state index in [9.17, 15) is 13.2 Å². The summed E-state index contributed by atoms with van der Waals surface area (Å²) in [5, 5.41) is 9.41. The zero-order valence-corrected chi connectivity index (χ0v) is 17.3. The third-order valence-corrected chi connectivity index (χ3v) is 6.24. The Kier molecular flexibility index (Phi) is 5.47. The summed E-state index contributed by atoms with van der Waals surface area (Å²) in [6.07, 6.45) is 0.343. The van der Waals surface area contributed by atoms with Gasteiger partial charge in [-0.3, -0.25) is 4.90 Å². The highest BCUT2D eigenvalue weighted by Gasteiger charge is 2.37. The Balaban J connectivity index is 1.31. The van der Waals surface area contributed by atoms with Gasteiger partial charge in [0.15, 0.2) is 0 Å². The van der Waals surface area contributed by atoms with Crippen LogP contribution in [0.25, 0.3) is 0 Å². The number of hydrogen-bond acceptors (Lipinski definition) is 6. The number of aromatic nitrogens is 2. The third-order valence-electron chi connectivity index (χ3n) is 6.24. The minimum absolute atomic E-state index is 0.0636. The molecule has 0 spiro atoms. The van der Waals surface area contributed by atoms with Gasteiger partial charge in [-0.1, -0.05) is 6.07 Å². The highest BCUT2D eigenvalue weighted by molar-refractivity contribution is 5.59. The summed E-state index contributed by atoms with van der Waals surface area (Å²) in [5.41, 5.74) is 2.55. The SMILES string of the molecule is FC(F)(F)c1cnc(Nc2ccc3c(c2)CN(CC2CCNC2)CC3)nc1NC1CC1. The van der Waals surface area contributed by atoms with Gasteiger partial charge in [0.1, 0.15) is 11.4 Å².